The monoisotopic (exact) mass is 409 g/mol. The molecule has 0 fully saturated rings. The second-order valence-corrected chi connectivity index (χ2v) is 6.60. The van der Waals surface area contributed by atoms with Crippen LogP contribution >= 0.6 is 11.6 Å². The van der Waals surface area contributed by atoms with Crippen LogP contribution in [-0.2, 0) is 4.79 Å². The minimum absolute atomic E-state index is 0.325. The lowest BCUT2D eigenvalue weighted by molar-refractivity contribution is -0.118. The highest BCUT2D eigenvalue weighted by Crippen LogP contribution is 2.19. The zero-order valence-corrected chi connectivity index (χ0v) is 16.4. The van der Waals surface area contributed by atoms with Crippen molar-refractivity contribution in [2.24, 2.45) is 0 Å². The smallest absolute Gasteiger partial charge is 0.265 e. The van der Waals surface area contributed by atoms with Crippen molar-refractivity contribution in [1.29, 1.82) is 0 Å². The first-order chi connectivity index (χ1) is 14.1. The van der Waals surface area contributed by atoms with Crippen molar-refractivity contribution >= 4 is 29.1 Å². The molecule has 148 valence electrons. The molecule has 7 heteroatoms. The Labute approximate surface area is 173 Å². The van der Waals surface area contributed by atoms with Crippen LogP contribution in [0.2, 0.25) is 5.02 Å². The predicted molar refractivity (Wildman–Crippen MR) is 113 cm³/mol. The van der Waals surface area contributed by atoms with Crippen LogP contribution < -0.4 is 20.9 Å². The fraction of sp³-hybridized carbons (Fsp3) is 0.0909. The van der Waals surface area contributed by atoms with Gasteiger partial charge in [0.15, 0.2) is 0 Å². The van der Waals surface area contributed by atoms with E-state index >= 15 is 0 Å². The Morgan fingerprint density at radius 3 is 2.17 bits per heavy atom. The first-order valence-corrected chi connectivity index (χ1v) is 9.26. The zero-order chi connectivity index (χ0) is 20.6. The van der Waals surface area contributed by atoms with Gasteiger partial charge >= 0.3 is 0 Å². The van der Waals surface area contributed by atoms with E-state index in [0.29, 0.717) is 27.6 Å². The van der Waals surface area contributed by atoms with Gasteiger partial charge in [-0.3, -0.25) is 15.0 Å². The fourth-order valence-corrected chi connectivity index (χ4v) is 2.77. The van der Waals surface area contributed by atoms with Gasteiger partial charge in [0.05, 0.1) is 7.11 Å². The molecule has 29 heavy (non-hydrogen) atoms. The molecule has 0 aliphatic rings. The maximum Gasteiger partial charge on any atom is 0.265 e. The molecule has 3 rings (SSSR count). The van der Waals surface area contributed by atoms with Gasteiger partial charge in [-0.2, -0.15) is 0 Å². The lowest BCUT2D eigenvalue weighted by Crippen LogP contribution is -2.44. The quantitative estimate of drug-likeness (QED) is 0.516. The molecule has 0 heterocycles. The number of carbonyl (C=O) groups excluding carboxylic acids is 2. The van der Waals surface area contributed by atoms with E-state index in [-0.39, 0.29) is 11.8 Å². The van der Waals surface area contributed by atoms with Crippen molar-refractivity contribution < 1.29 is 14.3 Å². The number of anilines is 1. The van der Waals surface area contributed by atoms with Crippen LogP contribution in [0.15, 0.2) is 78.9 Å². The Hall–Kier alpha value is -3.35. The van der Waals surface area contributed by atoms with Crippen molar-refractivity contribution in [2.45, 2.75) is 6.04 Å². The van der Waals surface area contributed by atoms with Crippen LogP contribution in [-0.4, -0.2) is 18.9 Å². The number of amides is 2. The first kappa shape index (κ1) is 20.4. The van der Waals surface area contributed by atoms with E-state index in [4.69, 9.17) is 16.3 Å². The van der Waals surface area contributed by atoms with Crippen LogP contribution in [0.4, 0.5) is 5.69 Å². The van der Waals surface area contributed by atoms with E-state index in [0.717, 1.165) is 0 Å². The molecule has 0 saturated carbocycles. The summed E-state index contributed by atoms with van der Waals surface area (Å²) < 4.78 is 5.09. The summed E-state index contributed by atoms with van der Waals surface area (Å²) in [5.74, 6) is -0.0523. The molecule has 0 aliphatic carbocycles. The topological polar surface area (TPSA) is 79.5 Å². The number of hydrogen-bond acceptors (Lipinski definition) is 4. The number of para-hydroxylation sites is 1. The van der Waals surface area contributed by atoms with E-state index in [1.807, 2.05) is 18.2 Å². The van der Waals surface area contributed by atoms with Crippen molar-refractivity contribution in [3.05, 3.63) is 95.0 Å². The lowest BCUT2D eigenvalue weighted by Gasteiger charge is -2.19. The Kier molecular flexibility index (Phi) is 6.84. The van der Waals surface area contributed by atoms with Crippen LogP contribution in [0.25, 0.3) is 0 Å². The number of carbonyl (C=O) groups is 2. The number of halogens is 1. The van der Waals surface area contributed by atoms with Gasteiger partial charge in [-0.15, -0.1) is 0 Å². The summed E-state index contributed by atoms with van der Waals surface area (Å²) in [7, 11) is 1.55. The van der Waals surface area contributed by atoms with Crippen LogP contribution in [0, 0.1) is 0 Å². The summed E-state index contributed by atoms with van der Waals surface area (Å²) in [6.07, 6.45) is 0. The molecule has 0 unspecified atom stereocenters. The molecule has 2 amide bonds. The number of hydrogen-bond donors (Lipinski definition) is 3. The summed E-state index contributed by atoms with van der Waals surface area (Å²) in [4.78, 5) is 25.3. The van der Waals surface area contributed by atoms with E-state index in [1.165, 1.54) is 0 Å². The van der Waals surface area contributed by atoms with Gasteiger partial charge in [0.2, 0.25) is 5.91 Å². The van der Waals surface area contributed by atoms with Gasteiger partial charge in [-0.25, -0.2) is 5.43 Å². The number of rotatable bonds is 7. The highest BCUT2D eigenvalue weighted by Gasteiger charge is 2.21. The van der Waals surface area contributed by atoms with E-state index in [2.05, 4.69) is 16.2 Å². The molecule has 0 saturated heterocycles. The average molecular weight is 410 g/mol. The second kappa shape index (κ2) is 9.73. The van der Waals surface area contributed by atoms with Crippen molar-refractivity contribution in [2.75, 3.05) is 12.4 Å². The lowest BCUT2D eigenvalue weighted by atomic mass is 10.1. The van der Waals surface area contributed by atoms with E-state index < -0.39 is 6.04 Å². The summed E-state index contributed by atoms with van der Waals surface area (Å²) in [5.41, 5.74) is 7.14. The summed E-state index contributed by atoms with van der Waals surface area (Å²) in [5, 5.41) is 3.39. The number of hydrazine groups is 1. The van der Waals surface area contributed by atoms with Gasteiger partial charge < -0.3 is 10.1 Å². The van der Waals surface area contributed by atoms with Gasteiger partial charge in [-0.05, 0) is 54.1 Å². The third-order valence-corrected chi connectivity index (χ3v) is 4.44. The minimum Gasteiger partial charge on any atom is -0.497 e. The number of nitrogens with one attached hydrogen (secondary N) is 3. The third kappa shape index (κ3) is 5.57. The van der Waals surface area contributed by atoms with Crippen molar-refractivity contribution in [1.82, 2.24) is 10.9 Å². The number of benzene rings is 3. The molecular weight excluding hydrogens is 390 g/mol. The molecule has 6 nitrogen and oxygen atoms in total. The first-order valence-electron chi connectivity index (χ1n) is 8.88. The van der Waals surface area contributed by atoms with Crippen molar-refractivity contribution in [3.63, 3.8) is 0 Å². The number of ether oxygens (including phenoxy) is 1. The second-order valence-electron chi connectivity index (χ2n) is 6.17. The predicted octanol–water partition coefficient (Wildman–Crippen LogP) is 3.96. The summed E-state index contributed by atoms with van der Waals surface area (Å²) >= 11 is 5.96. The zero-order valence-electron chi connectivity index (χ0n) is 15.7. The molecule has 3 aromatic rings. The third-order valence-electron chi connectivity index (χ3n) is 4.19. The molecule has 0 aliphatic heterocycles. The maximum atomic E-state index is 12.9. The molecule has 0 radical (unpaired) electrons. The molecule has 3 aromatic carbocycles. The molecule has 1 atom stereocenters. The SMILES string of the molecule is COc1ccc(C(=O)NN[C@H](C(=O)Nc2ccccc2)c2ccc(Cl)cc2)cc1. The fourth-order valence-electron chi connectivity index (χ4n) is 2.64. The van der Waals surface area contributed by atoms with E-state index in [1.54, 1.807) is 67.8 Å². The van der Waals surface area contributed by atoms with E-state index in [9.17, 15) is 9.59 Å². The Morgan fingerprint density at radius 2 is 1.55 bits per heavy atom. The Morgan fingerprint density at radius 1 is 0.897 bits per heavy atom. The largest absolute Gasteiger partial charge is 0.497 e. The van der Waals surface area contributed by atoms with Crippen LogP contribution in [0.3, 0.4) is 0 Å². The van der Waals surface area contributed by atoms with Crippen molar-refractivity contribution in [3.8, 4) is 5.75 Å². The van der Waals surface area contributed by atoms with Gasteiger partial charge in [0, 0.05) is 16.3 Å². The van der Waals surface area contributed by atoms with Crippen LogP contribution in [0.1, 0.15) is 22.0 Å². The standard InChI is InChI=1S/C22H20ClN3O3/c1-29-19-13-9-16(10-14-19)21(27)26-25-20(15-7-11-17(23)12-8-15)22(28)24-18-5-3-2-4-6-18/h2-14,20,25H,1H3,(H,24,28)(H,26,27)/t20-/m0/s1. The molecule has 0 spiro atoms. The summed E-state index contributed by atoms with van der Waals surface area (Å²) in [6, 6.07) is 21.7. The van der Waals surface area contributed by atoms with Crippen LogP contribution in [0.5, 0.6) is 5.75 Å². The highest BCUT2D eigenvalue weighted by atomic mass is 35.5. The molecular formula is C22H20ClN3O3. The average Bonchev–Trinajstić information content (AvgIpc) is 2.75. The normalized spacial score (nSPS) is 11.4. The maximum absolute atomic E-state index is 12.9. The van der Waals surface area contributed by atoms with Gasteiger partial charge in [0.25, 0.3) is 5.91 Å². The van der Waals surface area contributed by atoms with Gasteiger partial charge in [0.1, 0.15) is 11.8 Å². The molecule has 0 aromatic heterocycles. The number of methoxy groups -OCH3 is 1. The minimum atomic E-state index is -0.824. The molecule has 3 N–H and O–H groups in total. The Balaban J connectivity index is 1.74. The highest BCUT2D eigenvalue weighted by molar-refractivity contribution is 6.30. The summed E-state index contributed by atoms with van der Waals surface area (Å²) in [6.45, 7) is 0. The van der Waals surface area contributed by atoms with Gasteiger partial charge in [-0.1, -0.05) is 41.9 Å². The molecule has 0 bridgehead atoms. The Bertz CT molecular complexity index is 961.